The lowest BCUT2D eigenvalue weighted by Crippen LogP contribution is -2.22. The van der Waals surface area contributed by atoms with E-state index in [1.807, 2.05) is 0 Å². The highest BCUT2D eigenvalue weighted by molar-refractivity contribution is 5.72. The molecule has 0 amide bonds. The van der Waals surface area contributed by atoms with Crippen LogP contribution in [0.2, 0.25) is 0 Å². The van der Waals surface area contributed by atoms with Gasteiger partial charge in [-0.3, -0.25) is 0 Å². The van der Waals surface area contributed by atoms with Crippen LogP contribution in [-0.4, -0.2) is 17.2 Å². The van der Waals surface area contributed by atoms with Crippen LogP contribution in [-0.2, 0) is 4.79 Å². The van der Waals surface area contributed by atoms with E-state index in [2.05, 4.69) is 0 Å². The summed E-state index contributed by atoms with van der Waals surface area (Å²) in [6.45, 7) is 2.48. The van der Waals surface area contributed by atoms with Crippen molar-refractivity contribution in [2.75, 3.05) is 0 Å². The second kappa shape index (κ2) is 6.60. The molecule has 0 aliphatic rings. The number of aliphatic carboxylic acids is 1. The highest BCUT2D eigenvalue weighted by Crippen LogP contribution is 2.30. The Morgan fingerprint density at radius 3 is 2.22 bits per heavy atom. The van der Waals surface area contributed by atoms with E-state index in [1.54, 1.807) is 0 Å². The average molecular weight is 326 g/mol. The van der Waals surface area contributed by atoms with Gasteiger partial charge in [-0.1, -0.05) is 0 Å². The lowest BCUT2D eigenvalue weighted by atomic mass is 10.2. The largest absolute Gasteiger partial charge is 0.479 e. The molecule has 2 aromatic carbocycles. The van der Waals surface area contributed by atoms with Gasteiger partial charge in [0.15, 0.2) is 17.7 Å². The maximum absolute atomic E-state index is 13.7. The Morgan fingerprint density at radius 2 is 1.65 bits per heavy atom. The summed E-state index contributed by atoms with van der Waals surface area (Å²) in [6.07, 6.45) is -1.04. The third kappa shape index (κ3) is 3.74. The molecule has 0 spiro atoms. The highest BCUT2D eigenvalue weighted by Gasteiger charge is 2.18. The Labute approximate surface area is 130 Å². The van der Waals surface area contributed by atoms with Gasteiger partial charge in [-0.25, -0.2) is 13.6 Å². The number of rotatable bonds is 5. The van der Waals surface area contributed by atoms with Crippen LogP contribution >= 0.6 is 0 Å². The zero-order valence-electron chi connectivity index (χ0n) is 12.3. The van der Waals surface area contributed by atoms with Crippen LogP contribution in [0.1, 0.15) is 12.5 Å². The molecular weight excluding hydrogens is 313 g/mol. The van der Waals surface area contributed by atoms with Crippen molar-refractivity contribution in [3.8, 4) is 17.2 Å². The van der Waals surface area contributed by atoms with Crippen LogP contribution in [0.4, 0.5) is 13.2 Å². The number of carbonyl (C=O) groups is 1. The van der Waals surface area contributed by atoms with Gasteiger partial charge >= 0.3 is 5.97 Å². The van der Waals surface area contributed by atoms with E-state index < -0.39 is 40.8 Å². The maximum Gasteiger partial charge on any atom is 0.344 e. The summed E-state index contributed by atoms with van der Waals surface area (Å²) in [5.74, 6) is -4.86. The molecule has 0 fully saturated rings. The van der Waals surface area contributed by atoms with E-state index >= 15 is 0 Å². The van der Waals surface area contributed by atoms with Crippen molar-refractivity contribution in [1.29, 1.82) is 0 Å². The second-order valence-electron chi connectivity index (χ2n) is 4.78. The van der Waals surface area contributed by atoms with Crippen molar-refractivity contribution in [1.82, 2.24) is 0 Å². The molecule has 0 aliphatic heterocycles. The van der Waals surface area contributed by atoms with Gasteiger partial charge in [0.05, 0.1) is 0 Å². The first kappa shape index (κ1) is 16.7. The van der Waals surface area contributed by atoms with E-state index in [1.165, 1.54) is 31.2 Å². The lowest BCUT2D eigenvalue weighted by molar-refractivity contribution is -0.144. The van der Waals surface area contributed by atoms with Crippen LogP contribution in [0, 0.1) is 24.4 Å². The van der Waals surface area contributed by atoms with Crippen molar-refractivity contribution in [2.45, 2.75) is 20.0 Å². The Kier molecular flexibility index (Phi) is 4.78. The molecule has 0 heterocycles. The highest BCUT2D eigenvalue weighted by atomic mass is 19.2. The first-order valence-corrected chi connectivity index (χ1v) is 6.61. The molecule has 0 aliphatic carbocycles. The third-order valence-electron chi connectivity index (χ3n) is 3.07. The van der Waals surface area contributed by atoms with Gasteiger partial charge in [0.1, 0.15) is 17.3 Å². The summed E-state index contributed by atoms with van der Waals surface area (Å²) >= 11 is 0. The van der Waals surface area contributed by atoms with Crippen molar-refractivity contribution in [3.05, 3.63) is 53.3 Å². The molecule has 0 bridgehead atoms. The quantitative estimate of drug-likeness (QED) is 0.842. The van der Waals surface area contributed by atoms with Crippen LogP contribution in [0.3, 0.4) is 0 Å². The zero-order valence-corrected chi connectivity index (χ0v) is 12.3. The first-order valence-electron chi connectivity index (χ1n) is 6.61. The number of halogens is 3. The minimum atomic E-state index is -1.31. The fourth-order valence-corrected chi connectivity index (χ4v) is 1.71. The summed E-state index contributed by atoms with van der Waals surface area (Å²) in [4.78, 5) is 10.7. The number of carboxylic acids is 1. The number of carboxylic acid groups (broad SMARTS) is 1. The van der Waals surface area contributed by atoms with Crippen molar-refractivity contribution in [2.24, 2.45) is 0 Å². The molecule has 23 heavy (non-hydrogen) atoms. The number of hydrogen-bond acceptors (Lipinski definition) is 3. The molecule has 1 atom stereocenters. The van der Waals surface area contributed by atoms with Crippen LogP contribution in [0.15, 0.2) is 30.3 Å². The van der Waals surface area contributed by atoms with E-state index in [4.69, 9.17) is 14.6 Å². The third-order valence-corrected chi connectivity index (χ3v) is 3.07. The Hall–Kier alpha value is -2.70. The van der Waals surface area contributed by atoms with Crippen LogP contribution in [0.5, 0.6) is 17.2 Å². The summed E-state index contributed by atoms with van der Waals surface area (Å²) in [5.41, 5.74) is -0.429. The smallest absolute Gasteiger partial charge is 0.344 e. The molecule has 0 radical (unpaired) electrons. The number of hydrogen-bond donors (Lipinski definition) is 1. The molecule has 2 rings (SSSR count). The number of benzene rings is 2. The Morgan fingerprint density at radius 1 is 1.09 bits per heavy atom. The van der Waals surface area contributed by atoms with E-state index in [0.717, 1.165) is 13.0 Å². The van der Waals surface area contributed by atoms with Gasteiger partial charge in [0.25, 0.3) is 0 Å². The fourth-order valence-electron chi connectivity index (χ4n) is 1.71. The molecule has 4 nitrogen and oxygen atoms in total. The van der Waals surface area contributed by atoms with Gasteiger partial charge in [-0.15, -0.1) is 0 Å². The van der Waals surface area contributed by atoms with Gasteiger partial charge in [0, 0.05) is 11.6 Å². The number of ether oxygens (including phenoxy) is 2. The Balaban J connectivity index is 2.17. The predicted octanol–water partition coefficient (Wildman–Crippen LogP) is 4.06. The standard InChI is InChI=1S/C16H13F3O4/c1-8-12(17)7-13(15(19)14(8)18)23-11-5-3-10(4-6-11)22-9(2)16(20)21/h3-7,9H,1-2H3,(H,20,21). The van der Waals surface area contributed by atoms with Crippen LogP contribution < -0.4 is 9.47 Å². The van der Waals surface area contributed by atoms with Gasteiger partial charge in [-0.05, 0) is 38.1 Å². The van der Waals surface area contributed by atoms with Crippen molar-refractivity contribution < 1.29 is 32.5 Å². The van der Waals surface area contributed by atoms with Gasteiger partial charge in [0.2, 0.25) is 5.82 Å². The molecule has 122 valence electrons. The molecular formula is C16H13F3O4. The predicted molar refractivity (Wildman–Crippen MR) is 75.3 cm³/mol. The lowest BCUT2D eigenvalue weighted by Gasteiger charge is -2.12. The maximum atomic E-state index is 13.7. The summed E-state index contributed by atoms with van der Waals surface area (Å²) in [5, 5.41) is 8.74. The molecule has 1 unspecified atom stereocenters. The van der Waals surface area contributed by atoms with E-state index in [-0.39, 0.29) is 11.5 Å². The zero-order chi connectivity index (χ0) is 17.1. The molecule has 0 saturated heterocycles. The Bertz CT molecular complexity index is 729. The fraction of sp³-hybridized carbons (Fsp3) is 0.188. The van der Waals surface area contributed by atoms with Gasteiger partial charge in [-0.2, -0.15) is 4.39 Å². The molecule has 1 N–H and O–H groups in total. The monoisotopic (exact) mass is 326 g/mol. The minimum Gasteiger partial charge on any atom is -0.479 e. The van der Waals surface area contributed by atoms with E-state index in [0.29, 0.717) is 0 Å². The van der Waals surface area contributed by atoms with Gasteiger partial charge < -0.3 is 14.6 Å². The second-order valence-corrected chi connectivity index (χ2v) is 4.78. The topological polar surface area (TPSA) is 55.8 Å². The van der Waals surface area contributed by atoms with E-state index in [9.17, 15) is 18.0 Å². The molecule has 0 aromatic heterocycles. The summed E-state index contributed by atoms with van der Waals surface area (Å²) in [7, 11) is 0. The molecule has 2 aromatic rings. The van der Waals surface area contributed by atoms with Crippen LogP contribution in [0.25, 0.3) is 0 Å². The summed E-state index contributed by atoms with van der Waals surface area (Å²) < 4.78 is 50.8. The van der Waals surface area contributed by atoms with Crippen molar-refractivity contribution in [3.63, 3.8) is 0 Å². The molecule has 0 saturated carbocycles. The first-order chi connectivity index (χ1) is 10.8. The van der Waals surface area contributed by atoms with Crippen molar-refractivity contribution >= 4 is 5.97 Å². The molecule has 7 heteroatoms. The SMILES string of the molecule is Cc1c(F)cc(Oc2ccc(OC(C)C(=O)O)cc2)c(F)c1F. The summed E-state index contributed by atoms with van der Waals surface area (Å²) in [6, 6.07) is 6.27. The normalized spacial score (nSPS) is 11.9. The minimum absolute atomic E-state index is 0.113. The average Bonchev–Trinajstić information content (AvgIpc) is 2.52.